The molecule has 2 rings (SSSR count). The quantitative estimate of drug-likeness (QED) is 0.895. The third kappa shape index (κ3) is 3.56. The van der Waals surface area contributed by atoms with Crippen molar-refractivity contribution in [3.63, 3.8) is 0 Å². The van der Waals surface area contributed by atoms with Crippen molar-refractivity contribution in [2.45, 2.75) is 40.8 Å². The summed E-state index contributed by atoms with van der Waals surface area (Å²) < 4.78 is 2.18. The first kappa shape index (κ1) is 13.6. The zero-order valence-electron chi connectivity index (χ0n) is 12.1. The topological polar surface area (TPSA) is 42.7 Å². The lowest BCUT2D eigenvalue weighted by atomic mass is 10.2. The first-order chi connectivity index (χ1) is 9.06. The van der Waals surface area contributed by atoms with Gasteiger partial charge in [-0.3, -0.25) is 4.98 Å². The lowest BCUT2D eigenvalue weighted by Crippen LogP contribution is -2.11. The summed E-state index contributed by atoms with van der Waals surface area (Å²) in [4.78, 5) is 8.92. The first-order valence-corrected chi connectivity index (χ1v) is 6.74. The molecule has 0 amide bonds. The summed E-state index contributed by atoms with van der Waals surface area (Å²) in [6, 6.07) is 4.04. The van der Waals surface area contributed by atoms with E-state index in [0.29, 0.717) is 12.5 Å². The van der Waals surface area contributed by atoms with Gasteiger partial charge in [0, 0.05) is 18.9 Å². The molecule has 2 aromatic heterocycles. The Balaban J connectivity index is 2.09. The zero-order valence-corrected chi connectivity index (χ0v) is 12.1. The summed E-state index contributed by atoms with van der Waals surface area (Å²) in [6.45, 7) is 10.2. The third-order valence-corrected chi connectivity index (χ3v) is 2.99. The van der Waals surface area contributed by atoms with E-state index in [-0.39, 0.29) is 0 Å². The summed E-state index contributed by atoms with van der Waals surface area (Å²) in [5, 5.41) is 3.39. The molecule has 102 valence electrons. The van der Waals surface area contributed by atoms with Crippen molar-refractivity contribution in [1.29, 1.82) is 0 Å². The van der Waals surface area contributed by atoms with Gasteiger partial charge in [0.1, 0.15) is 0 Å². The van der Waals surface area contributed by atoms with E-state index in [4.69, 9.17) is 0 Å². The Bertz CT molecular complexity index is 543. The van der Waals surface area contributed by atoms with Crippen LogP contribution in [0.1, 0.15) is 30.8 Å². The van der Waals surface area contributed by atoms with Gasteiger partial charge in [-0.2, -0.15) is 0 Å². The van der Waals surface area contributed by atoms with Crippen LogP contribution in [0.25, 0.3) is 0 Å². The van der Waals surface area contributed by atoms with Crippen LogP contribution < -0.4 is 5.32 Å². The molecular weight excluding hydrogens is 236 g/mol. The largest absolute Gasteiger partial charge is 0.350 e. The molecule has 0 fully saturated rings. The Labute approximate surface area is 114 Å². The highest BCUT2D eigenvalue weighted by Crippen LogP contribution is 2.13. The van der Waals surface area contributed by atoms with Crippen LogP contribution in [0.5, 0.6) is 0 Å². The standard InChI is InChI=1S/C15H22N4/c1-11(2)9-19-10-13(4)18-15(19)17-8-14-12(3)6-5-7-16-14/h5-7,10-11H,8-9H2,1-4H3,(H,17,18). The van der Waals surface area contributed by atoms with Crippen molar-refractivity contribution in [2.75, 3.05) is 5.32 Å². The molecule has 4 heteroatoms. The van der Waals surface area contributed by atoms with Crippen LogP contribution in [0.3, 0.4) is 0 Å². The van der Waals surface area contributed by atoms with E-state index in [1.807, 2.05) is 19.2 Å². The maximum Gasteiger partial charge on any atom is 0.203 e. The second kappa shape index (κ2) is 5.87. The summed E-state index contributed by atoms with van der Waals surface area (Å²) >= 11 is 0. The van der Waals surface area contributed by atoms with E-state index >= 15 is 0 Å². The number of aromatic nitrogens is 3. The molecule has 0 saturated carbocycles. The van der Waals surface area contributed by atoms with E-state index in [1.54, 1.807) is 0 Å². The van der Waals surface area contributed by atoms with E-state index < -0.39 is 0 Å². The predicted octanol–water partition coefficient (Wildman–Crippen LogP) is 3.16. The van der Waals surface area contributed by atoms with Crippen LogP contribution in [0.15, 0.2) is 24.5 Å². The highest BCUT2D eigenvalue weighted by molar-refractivity contribution is 5.31. The van der Waals surface area contributed by atoms with Gasteiger partial charge in [-0.1, -0.05) is 19.9 Å². The second-order valence-corrected chi connectivity index (χ2v) is 5.37. The maximum absolute atomic E-state index is 4.53. The molecule has 1 N–H and O–H groups in total. The first-order valence-electron chi connectivity index (χ1n) is 6.74. The fraction of sp³-hybridized carbons (Fsp3) is 0.467. The van der Waals surface area contributed by atoms with Crippen molar-refractivity contribution < 1.29 is 0 Å². The van der Waals surface area contributed by atoms with Crippen LogP contribution >= 0.6 is 0 Å². The van der Waals surface area contributed by atoms with E-state index in [2.05, 4.69) is 52.9 Å². The third-order valence-electron chi connectivity index (χ3n) is 2.99. The van der Waals surface area contributed by atoms with Crippen LogP contribution in [0, 0.1) is 19.8 Å². The van der Waals surface area contributed by atoms with Crippen molar-refractivity contribution in [3.8, 4) is 0 Å². The van der Waals surface area contributed by atoms with Gasteiger partial charge in [0.05, 0.1) is 17.9 Å². The molecule has 0 aliphatic carbocycles. The maximum atomic E-state index is 4.53. The second-order valence-electron chi connectivity index (χ2n) is 5.37. The molecule has 0 bridgehead atoms. The number of hydrogen-bond acceptors (Lipinski definition) is 3. The molecule has 0 atom stereocenters. The number of imidazole rings is 1. The van der Waals surface area contributed by atoms with Crippen molar-refractivity contribution in [1.82, 2.24) is 14.5 Å². The molecule has 0 aromatic carbocycles. The minimum atomic E-state index is 0.603. The van der Waals surface area contributed by atoms with Crippen LogP contribution in [0.4, 0.5) is 5.95 Å². The van der Waals surface area contributed by atoms with Gasteiger partial charge in [-0.25, -0.2) is 4.98 Å². The summed E-state index contributed by atoms with van der Waals surface area (Å²) in [5.41, 5.74) is 3.31. The molecule has 2 aromatic rings. The van der Waals surface area contributed by atoms with Crippen LogP contribution in [0.2, 0.25) is 0 Å². The molecule has 0 aliphatic heterocycles. The smallest absolute Gasteiger partial charge is 0.203 e. The minimum absolute atomic E-state index is 0.603. The average molecular weight is 258 g/mol. The average Bonchev–Trinajstić information content (AvgIpc) is 2.67. The molecule has 4 nitrogen and oxygen atoms in total. The van der Waals surface area contributed by atoms with Gasteiger partial charge in [0.25, 0.3) is 0 Å². The number of anilines is 1. The number of nitrogens with zero attached hydrogens (tertiary/aromatic N) is 3. The predicted molar refractivity (Wildman–Crippen MR) is 78.1 cm³/mol. The summed E-state index contributed by atoms with van der Waals surface area (Å²) in [5.74, 6) is 1.53. The molecule has 0 radical (unpaired) electrons. The Morgan fingerprint density at radius 3 is 2.79 bits per heavy atom. The molecule has 2 heterocycles. The summed E-state index contributed by atoms with van der Waals surface area (Å²) in [7, 11) is 0. The molecule has 19 heavy (non-hydrogen) atoms. The summed E-state index contributed by atoms with van der Waals surface area (Å²) in [6.07, 6.45) is 3.92. The van der Waals surface area contributed by atoms with Crippen molar-refractivity contribution in [3.05, 3.63) is 41.5 Å². The van der Waals surface area contributed by atoms with E-state index in [0.717, 1.165) is 23.9 Å². The fourth-order valence-electron chi connectivity index (χ4n) is 2.09. The zero-order chi connectivity index (χ0) is 13.8. The Morgan fingerprint density at radius 1 is 1.32 bits per heavy atom. The molecule has 0 unspecified atom stereocenters. The number of pyridine rings is 1. The Morgan fingerprint density at radius 2 is 2.11 bits per heavy atom. The number of nitrogens with one attached hydrogen (secondary N) is 1. The van der Waals surface area contributed by atoms with Crippen molar-refractivity contribution >= 4 is 5.95 Å². The lowest BCUT2D eigenvalue weighted by Gasteiger charge is -2.12. The van der Waals surface area contributed by atoms with Gasteiger partial charge < -0.3 is 9.88 Å². The molecule has 0 saturated heterocycles. The Hall–Kier alpha value is -1.84. The highest BCUT2D eigenvalue weighted by Gasteiger charge is 2.07. The van der Waals surface area contributed by atoms with E-state index in [9.17, 15) is 0 Å². The van der Waals surface area contributed by atoms with E-state index in [1.165, 1.54) is 5.56 Å². The van der Waals surface area contributed by atoms with Gasteiger partial charge in [0.2, 0.25) is 5.95 Å². The van der Waals surface area contributed by atoms with Gasteiger partial charge in [-0.15, -0.1) is 0 Å². The van der Waals surface area contributed by atoms with Gasteiger partial charge in [-0.05, 0) is 31.4 Å². The Kier molecular flexibility index (Phi) is 4.20. The number of hydrogen-bond donors (Lipinski definition) is 1. The SMILES string of the molecule is Cc1cn(CC(C)C)c(NCc2ncccc2C)n1. The minimum Gasteiger partial charge on any atom is -0.350 e. The van der Waals surface area contributed by atoms with Gasteiger partial charge in [0.15, 0.2) is 0 Å². The molecular formula is C15H22N4. The molecule has 0 spiro atoms. The number of aryl methyl sites for hydroxylation is 2. The van der Waals surface area contributed by atoms with Crippen LogP contribution in [-0.4, -0.2) is 14.5 Å². The monoisotopic (exact) mass is 258 g/mol. The fourth-order valence-corrected chi connectivity index (χ4v) is 2.09. The van der Waals surface area contributed by atoms with Crippen molar-refractivity contribution in [2.24, 2.45) is 5.92 Å². The van der Waals surface area contributed by atoms with Crippen LogP contribution in [-0.2, 0) is 13.1 Å². The highest BCUT2D eigenvalue weighted by atomic mass is 15.2. The van der Waals surface area contributed by atoms with Gasteiger partial charge >= 0.3 is 0 Å². The lowest BCUT2D eigenvalue weighted by molar-refractivity contribution is 0.526. The molecule has 0 aliphatic rings. The normalized spacial score (nSPS) is 11.0. The number of rotatable bonds is 5.